The molecule has 0 aliphatic carbocycles. The number of nitrogen functional groups attached to an aromatic ring is 1. The van der Waals surface area contributed by atoms with E-state index in [-0.39, 0.29) is 17.4 Å². The SMILES string of the molecule is [C-]#[N+]/C=C\CN1CCCC(n2nc(-c3ccc(Oc4ccccc4)cc3)c(C(N)=O)c2N)C1. The van der Waals surface area contributed by atoms with Crippen LogP contribution in [0.1, 0.15) is 29.2 Å². The van der Waals surface area contributed by atoms with Crippen molar-refractivity contribution in [2.24, 2.45) is 5.73 Å². The molecule has 168 valence electrons. The first kappa shape index (κ1) is 22.1. The Hall–Kier alpha value is -4.09. The molecule has 1 aromatic heterocycles. The second-order valence-corrected chi connectivity index (χ2v) is 7.93. The van der Waals surface area contributed by atoms with Crippen molar-refractivity contribution in [1.29, 1.82) is 0 Å². The number of aromatic nitrogens is 2. The quantitative estimate of drug-likeness (QED) is 0.536. The molecule has 33 heavy (non-hydrogen) atoms. The number of nitrogens with two attached hydrogens (primary N) is 2. The fraction of sp³-hybridized carbons (Fsp3) is 0.240. The lowest BCUT2D eigenvalue weighted by Gasteiger charge is -2.32. The van der Waals surface area contributed by atoms with E-state index in [0.717, 1.165) is 37.2 Å². The summed E-state index contributed by atoms with van der Waals surface area (Å²) < 4.78 is 7.58. The van der Waals surface area contributed by atoms with Gasteiger partial charge in [0.2, 0.25) is 0 Å². The first-order valence-corrected chi connectivity index (χ1v) is 10.8. The summed E-state index contributed by atoms with van der Waals surface area (Å²) in [6, 6.07) is 16.9. The molecule has 1 aliphatic rings. The molecule has 4 N–H and O–H groups in total. The van der Waals surface area contributed by atoms with E-state index in [9.17, 15) is 4.79 Å². The monoisotopic (exact) mass is 442 g/mol. The fourth-order valence-corrected chi connectivity index (χ4v) is 4.12. The summed E-state index contributed by atoms with van der Waals surface area (Å²) >= 11 is 0. The maximum absolute atomic E-state index is 12.3. The van der Waals surface area contributed by atoms with Gasteiger partial charge in [-0.25, -0.2) is 9.53 Å². The first-order valence-electron chi connectivity index (χ1n) is 10.8. The number of benzene rings is 2. The van der Waals surface area contributed by atoms with Crippen LogP contribution in [0.4, 0.5) is 5.82 Å². The molecular formula is C25H26N6O2. The van der Waals surface area contributed by atoms with Crippen molar-refractivity contribution in [3.05, 3.63) is 83.9 Å². The molecule has 3 aromatic rings. The number of primary amides is 1. The summed E-state index contributed by atoms with van der Waals surface area (Å²) in [6.45, 7) is 9.24. The van der Waals surface area contributed by atoms with Gasteiger partial charge in [0, 0.05) is 18.7 Å². The number of piperidine rings is 1. The van der Waals surface area contributed by atoms with Crippen LogP contribution < -0.4 is 16.2 Å². The summed E-state index contributed by atoms with van der Waals surface area (Å²) in [7, 11) is 0. The highest BCUT2D eigenvalue weighted by atomic mass is 16.5. The van der Waals surface area contributed by atoms with Crippen LogP contribution in [0.15, 0.2) is 66.9 Å². The van der Waals surface area contributed by atoms with E-state index >= 15 is 0 Å². The van der Waals surface area contributed by atoms with E-state index in [0.29, 0.717) is 18.0 Å². The summed E-state index contributed by atoms with van der Waals surface area (Å²) in [5, 5.41) is 4.73. The minimum Gasteiger partial charge on any atom is -0.457 e. The summed E-state index contributed by atoms with van der Waals surface area (Å²) in [5.74, 6) is 1.09. The van der Waals surface area contributed by atoms with Gasteiger partial charge in [-0.1, -0.05) is 24.3 Å². The van der Waals surface area contributed by atoms with E-state index in [4.69, 9.17) is 27.9 Å². The molecule has 1 fully saturated rings. The highest BCUT2D eigenvalue weighted by molar-refractivity contribution is 6.03. The van der Waals surface area contributed by atoms with Crippen molar-refractivity contribution < 1.29 is 9.53 Å². The normalized spacial score (nSPS) is 16.5. The number of para-hydroxylation sites is 1. The Labute approximate surface area is 192 Å². The zero-order valence-electron chi connectivity index (χ0n) is 18.2. The fourth-order valence-electron chi connectivity index (χ4n) is 4.12. The minimum absolute atomic E-state index is 0.0210. The molecule has 1 amide bonds. The molecule has 1 saturated heterocycles. The second kappa shape index (κ2) is 10.0. The van der Waals surface area contributed by atoms with Gasteiger partial charge < -0.3 is 16.2 Å². The van der Waals surface area contributed by atoms with Crippen LogP contribution in [0, 0.1) is 6.57 Å². The molecular weight excluding hydrogens is 416 g/mol. The number of rotatable bonds is 7. The smallest absolute Gasteiger partial charge is 0.254 e. The third-order valence-electron chi connectivity index (χ3n) is 5.67. The number of nitrogens with zero attached hydrogens (tertiary/aromatic N) is 4. The highest BCUT2D eigenvalue weighted by Gasteiger charge is 2.28. The molecule has 0 spiro atoms. The zero-order valence-corrected chi connectivity index (χ0v) is 18.2. The van der Waals surface area contributed by atoms with Gasteiger partial charge in [-0.15, -0.1) is 0 Å². The van der Waals surface area contributed by atoms with Crippen molar-refractivity contribution in [2.75, 3.05) is 25.4 Å². The molecule has 0 radical (unpaired) electrons. The van der Waals surface area contributed by atoms with Crippen LogP contribution in [0.3, 0.4) is 0 Å². The van der Waals surface area contributed by atoms with Crippen LogP contribution >= 0.6 is 0 Å². The van der Waals surface area contributed by atoms with E-state index in [2.05, 4.69) is 9.74 Å². The second-order valence-electron chi connectivity index (χ2n) is 7.93. The molecule has 8 heteroatoms. The van der Waals surface area contributed by atoms with Crippen LogP contribution in [-0.2, 0) is 0 Å². The lowest BCUT2D eigenvalue weighted by Crippen LogP contribution is -2.37. The number of carbonyl (C=O) groups excluding carboxylic acids is 1. The summed E-state index contributed by atoms with van der Waals surface area (Å²) in [4.78, 5) is 17.8. The Morgan fingerprint density at radius 1 is 1.18 bits per heavy atom. The van der Waals surface area contributed by atoms with Crippen LogP contribution in [0.2, 0.25) is 0 Å². The maximum atomic E-state index is 12.3. The Bertz CT molecular complexity index is 1180. The number of hydrogen-bond acceptors (Lipinski definition) is 5. The van der Waals surface area contributed by atoms with Gasteiger partial charge in [0.05, 0.1) is 12.6 Å². The van der Waals surface area contributed by atoms with E-state index in [1.54, 1.807) is 4.68 Å². The standard InChI is InChI=1S/C25H26N6O2/c1-28-14-6-16-30-15-5-7-19(17-30)31-24(26)22(25(27)32)23(29-31)18-10-12-21(13-11-18)33-20-8-3-2-4-9-20/h2-4,6,8-14,19H,5,7,15-17,26H2,(H2,27,32)/b14-6-. The Balaban J connectivity index is 1.59. The van der Waals surface area contributed by atoms with Crippen molar-refractivity contribution >= 4 is 11.7 Å². The van der Waals surface area contributed by atoms with Crippen LogP contribution in [-0.4, -0.2) is 40.2 Å². The molecule has 8 nitrogen and oxygen atoms in total. The average molecular weight is 443 g/mol. The van der Waals surface area contributed by atoms with Gasteiger partial charge in [0.15, 0.2) is 6.20 Å². The summed E-state index contributed by atoms with van der Waals surface area (Å²) in [6.07, 6.45) is 5.19. The number of likely N-dealkylation sites (tertiary alicyclic amines) is 1. The molecule has 1 aliphatic heterocycles. The Morgan fingerprint density at radius 2 is 1.91 bits per heavy atom. The van der Waals surface area contributed by atoms with Crippen LogP contribution in [0.25, 0.3) is 16.1 Å². The van der Waals surface area contributed by atoms with Gasteiger partial charge >= 0.3 is 0 Å². The number of ether oxygens (including phenoxy) is 1. The lowest BCUT2D eigenvalue weighted by molar-refractivity contribution is 0.100. The molecule has 4 rings (SSSR count). The van der Waals surface area contributed by atoms with Crippen molar-refractivity contribution in [2.45, 2.75) is 18.9 Å². The van der Waals surface area contributed by atoms with Gasteiger partial charge in [0.1, 0.15) is 28.6 Å². The topological polar surface area (TPSA) is 104 Å². The van der Waals surface area contributed by atoms with Gasteiger partial charge in [-0.05, 0) is 55.8 Å². The number of carbonyl (C=O) groups is 1. The molecule has 0 bridgehead atoms. The molecule has 2 heterocycles. The number of anilines is 1. The van der Waals surface area contributed by atoms with Crippen molar-refractivity contribution in [1.82, 2.24) is 14.7 Å². The van der Waals surface area contributed by atoms with E-state index in [1.165, 1.54) is 6.20 Å². The maximum Gasteiger partial charge on any atom is 0.254 e. The molecule has 0 saturated carbocycles. The lowest BCUT2D eigenvalue weighted by atomic mass is 10.1. The highest BCUT2D eigenvalue weighted by Crippen LogP contribution is 2.33. The van der Waals surface area contributed by atoms with Crippen molar-refractivity contribution in [3.63, 3.8) is 0 Å². The van der Waals surface area contributed by atoms with E-state index < -0.39 is 5.91 Å². The predicted molar refractivity (Wildman–Crippen MR) is 128 cm³/mol. The molecule has 2 aromatic carbocycles. The predicted octanol–water partition coefficient (Wildman–Crippen LogP) is 4.09. The van der Waals surface area contributed by atoms with E-state index in [1.807, 2.05) is 60.7 Å². The minimum atomic E-state index is -0.606. The van der Waals surface area contributed by atoms with Crippen LogP contribution in [0.5, 0.6) is 11.5 Å². The zero-order chi connectivity index (χ0) is 23.2. The van der Waals surface area contributed by atoms with Crippen molar-refractivity contribution in [3.8, 4) is 22.8 Å². The van der Waals surface area contributed by atoms with Gasteiger partial charge in [-0.3, -0.25) is 9.69 Å². The largest absolute Gasteiger partial charge is 0.457 e. The number of hydrogen-bond donors (Lipinski definition) is 2. The average Bonchev–Trinajstić information content (AvgIpc) is 3.18. The number of amides is 1. The van der Waals surface area contributed by atoms with Gasteiger partial charge in [0.25, 0.3) is 5.91 Å². The third-order valence-corrected chi connectivity index (χ3v) is 5.67. The third kappa shape index (κ3) is 5.05. The summed E-state index contributed by atoms with van der Waals surface area (Å²) in [5.41, 5.74) is 13.5. The van der Waals surface area contributed by atoms with Gasteiger partial charge in [-0.2, -0.15) is 5.10 Å². The Morgan fingerprint density at radius 3 is 2.61 bits per heavy atom. The Kier molecular flexibility index (Phi) is 6.72. The molecule has 1 atom stereocenters. The first-order chi connectivity index (χ1) is 16.1. The molecule has 1 unspecified atom stereocenters.